The Balaban J connectivity index is 1.27. The standard InChI is InChI=1S/C23H17BrCl2N2O3/c24-17-7-12(1-6-19(17)31-11-15-4-5-16(25)9-18(15)26)10-27-28-22(29)20-13-2-3-14(8-13)21(20)23(28)30/h1-7,9-10,13-14,20-21H,8,11H2/b27-10-/t13-,14-,20+,21+/m0/s1. The van der Waals surface area contributed by atoms with Gasteiger partial charge in [-0.15, -0.1) is 0 Å². The van der Waals surface area contributed by atoms with Crippen molar-refractivity contribution in [3.8, 4) is 5.75 Å². The van der Waals surface area contributed by atoms with Crippen LogP contribution in [0, 0.1) is 23.7 Å². The van der Waals surface area contributed by atoms with Crippen molar-refractivity contribution in [3.63, 3.8) is 0 Å². The Morgan fingerprint density at radius 1 is 1.06 bits per heavy atom. The molecule has 8 heteroatoms. The van der Waals surface area contributed by atoms with E-state index in [4.69, 9.17) is 27.9 Å². The molecule has 1 heterocycles. The first-order chi connectivity index (χ1) is 14.9. The van der Waals surface area contributed by atoms with Crippen LogP contribution in [0.2, 0.25) is 10.0 Å². The Bertz CT molecular complexity index is 1120. The van der Waals surface area contributed by atoms with E-state index in [-0.39, 0.29) is 42.1 Å². The van der Waals surface area contributed by atoms with E-state index >= 15 is 0 Å². The minimum atomic E-state index is -0.248. The van der Waals surface area contributed by atoms with Crippen LogP contribution < -0.4 is 4.74 Å². The lowest BCUT2D eigenvalue weighted by molar-refractivity contribution is -0.140. The minimum absolute atomic E-state index is 0.173. The Labute approximate surface area is 197 Å². The van der Waals surface area contributed by atoms with Gasteiger partial charge in [0.2, 0.25) is 0 Å². The summed E-state index contributed by atoms with van der Waals surface area (Å²) in [5.41, 5.74) is 1.56. The third-order valence-corrected chi connectivity index (χ3v) is 7.33. The quantitative estimate of drug-likeness (QED) is 0.298. The van der Waals surface area contributed by atoms with E-state index in [1.165, 1.54) is 6.21 Å². The molecule has 1 aliphatic heterocycles. The maximum Gasteiger partial charge on any atom is 0.254 e. The predicted molar refractivity (Wildman–Crippen MR) is 122 cm³/mol. The second kappa shape index (κ2) is 8.08. The Hall–Kier alpha value is -2.15. The summed E-state index contributed by atoms with van der Waals surface area (Å²) in [6, 6.07) is 10.7. The highest BCUT2D eigenvalue weighted by molar-refractivity contribution is 9.10. The zero-order valence-corrected chi connectivity index (χ0v) is 19.3. The molecule has 2 amide bonds. The summed E-state index contributed by atoms with van der Waals surface area (Å²) in [4.78, 5) is 25.4. The van der Waals surface area contributed by atoms with E-state index in [1.54, 1.807) is 18.2 Å². The number of carbonyl (C=O) groups is 2. The SMILES string of the molecule is O=C1[C@H]2[C@H](C(=O)N1/N=C\c1ccc(OCc3ccc(Cl)cc3Cl)c(Br)c1)[C@H]1C=C[C@H]2C1. The highest BCUT2D eigenvalue weighted by Gasteiger charge is 2.59. The number of rotatable bonds is 5. The van der Waals surface area contributed by atoms with Gasteiger partial charge in [-0.2, -0.15) is 10.1 Å². The van der Waals surface area contributed by atoms with E-state index in [0.29, 0.717) is 15.8 Å². The lowest BCUT2D eigenvalue weighted by Gasteiger charge is -2.13. The van der Waals surface area contributed by atoms with Gasteiger partial charge in [-0.25, -0.2) is 0 Å². The molecule has 5 rings (SSSR count). The van der Waals surface area contributed by atoms with Crippen molar-refractivity contribution in [2.75, 3.05) is 0 Å². The first-order valence-corrected chi connectivity index (χ1v) is 11.4. The molecule has 3 aliphatic rings. The van der Waals surface area contributed by atoms with E-state index < -0.39 is 0 Å². The Morgan fingerprint density at radius 3 is 2.42 bits per heavy atom. The topological polar surface area (TPSA) is 59.0 Å². The van der Waals surface area contributed by atoms with Crippen LogP contribution in [0.3, 0.4) is 0 Å². The molecular weight excluding hydrogens is 503 g/mol. The summed E-state index contributed by atoms with van der Waals surface area (Å²) in [5.74, 6) is 0.0963. The molecule has 0 N–H and O–H groups in total. The van der Waals surface area contributed by atoms with Crippen LogP contribution in [-0.4, -0.2) is 23.0 Å². The molecule has 1 saturated carbocycles. The smallest absolute Gasteiger partial charge is 0.254 e. The summed E-state index contributed by atoms with van der Waals surface area (Å²) in [5, 5.41) is 6.37. The van der Waals surface area contributed by atoms with Gasteiger partial charge in [0, 0.05) is 15.6 Å². The molecule has 0 aromatic heterocycles. The number of fused-ring (bicyclic) bond motifs is 5. The Kier molecular flexibility index (Phi) is 5.40. The van der Waals surface area contributed by atoms with E-state index in [0.717, 1.165) is 27.0 Å². The third kappa shape index (κ3) is 3.71. The molecule has 2 bridgehead atoms. The highest BCUT2D eigenvalue weighted by Crippen LogP contribution is 2.52. The lowest BCUT2D eigenvalue weighted by Crippen LogP contribution is -2.28. The van der Waals surface area contributed by atoms with Crippen LogP contribution in [0.4, 0.5) is 0 Å². The largest absolute Gasteiger partial charge is 0.488 e. The molecule has 2 aliphatic carbocycles. The van der Waals surface area contributed by atoms with Crippen molar-refractivity contribution in [2.24, 2.45) is 28.8 Å². The summed E-state index contributed by atoms with van der Waals surface area (Å²) in [7, 11) is 0. The molecular formula is C23H17BrCl2N2O3. The molecule has 2 aromatic carbocycles. The number of hydrogen-bond donors (Lipinski definition) is 0. The van der Waals surface area contributed by atoms with Crippen molar-refractivity contribution >= 4 is 57.2 Å². The number of allylic oxidation sites excluding steroid dienone is 2. The molecule has 1 saturated heterocycles. The van der Waals surface area contributed by atoms with Gasteiger partial charge in [-0.05, 0) is 70.1 Å². The zero-order chi connectivity index (χ0) is 21.7. The van der Waals surface area contributed by atoms with Gasteiger partial charge in [-0.1, -0.05) is 41.4 Å². The van der Waals surface area contributed by atoms with Gasteiger partial charge in [0.25, 0.3) is 11.8 Å². The summed E-state index contributed by atoms with van der Waals surface area (Å²) < 4.78 is 6.57. The fourth-order valence-electron chi connectivity index (χ4n) is 4.63. The van der Waals surface area contributed by atoms with Crippen LogP contribution in [0.5, 0.6) is 5.75 Å². The van der Waals surface area contributed by atoms with Crippen molar-refractivity contribution in [2.45, 2.75) is 13.0 Å². The number of ether oxygens (including phenoxy) is 1. The predicted octanol–water partition coefficient (Wildman–Crippen LogP) is 5.48. The number of nitrogens with zero attached hydrogens (tertiary/aromatic N) is 2. The number of benzene rings is 2. The summed E-state index contributed by atoms with van der Waals surface area (Å²) >= 11 is 15.6. The van der Waals surface area contributed by atoms with E-state index in [9.17, 15) is 9.59 Å². The van der Waals surface area contributed by atoms with Crippen LogP contribution in [0.1, 0.15) is 17.5 Å². The first kappa shape index (κ1) is 20.7. The molecule has 0 radical (unpaired) electrons. The summed E-state index contributed by atoms with van der Waals surface area (Å²) in [6.45, 7) is 0.290. The van der Waals surface area contributed by atoms with Crippen LogP contribution in [-0.2, 0) is 16.2 Å². The van der Waals surface area contributed by atoms with Crippen molar-refractivity contribution in [3.05, 3.63) is 74.2 Å². The monoisotopic (exact) mass is 518 g/mol. The zero-order valence-electron chi connectivity index (χ0n) is 16.2. The molecule has 0 spiro atoms. The number of hydrazone groups is 1. The molecule has 0 unspecified atom stereocenters. The van der Waals surface area contributed by atoms with E-state index in [2.05, 4.69) is 33.2 Å². The molecule has 2 aromatic rings. The third-order valence-electron chi connectivity index (χ3n) is 6.12. The fraction of sp³-hybridized carbons (Fsp3) is 0.261. The average Bonchev–Trinajstić information content (AvgIpc) is 3.41. The molecule has 31 heavy (non-hydrogen) atoms. The maximum absolute atomic E-state index is 12.7. The van der Waals surface area contributed by atoms with Crippen molar-refractivity contribution in [1.29, 1.82) is 0 Å². The number of carbonyl (C=O) groups excluding carboxylic acids is 2. The number of imide groups is 1. The van der Waals surface area contributed by atoms with Gasteiger partial charge < -0.3 is 4.74 Å². The van der Waals surface area contributed by atoms with Crippen LogP contribution >= 0.6 is 39.1 Å². The fourth-order valence-corrected chi connectivity index (χ4v) is 5.61. The Morgan fingerprint density at radius 2 is 1.77 bits per heavy atom. The minimum Gasteiger partial charge on any atom is -0.488 e. The first-order valence-electron chi connectivity index (χ1n) is 9.89. The van der Waals surface area contributed by atoms with Gasteiger partial charge in [0.1, 0.15) is 12.4 Å². The van der Waals surface area contributed by atoms with Crippen molar-refractivity contribution in [1.82, 2.24) is 5.01 Å². The lowest BCUT2D eigenvalue weighted by atomic mass is 9.85. The van der Waals surface area contributed by atoms with Gasteiger partial charge in [-0.3, -0.25) is 9.59 Å². The van der Waals surface area contributed by atoms with Crippen molar-refractivity contribution < 1.29 is 14.3 Å². The second-order valence-corrected chi connectivity index (χ2v) is 9.64. The van der Waals surface area contributed by atoms with E-state index in [1.807, 2.05) is 18.2 Å². The van der Waals surface area contributed by atoms with Gasteiger partial charge in [0.15, 0.2) is 0 Å². The number of halogens is 3. The molecule has 2 fully saturated rings. The molecule has 5 nitrogen and oxygen atoms in total. The number of hydrogen-bond acceptors (Lipinski definition) is 4. The maximum atomic E-state index is 12.7. The van der Waals surface area contributed by atoms with Crippen LogP contribution in [0.15, 0.2) is 58.1 Å². The molecule has 4 atom stereocenters. The van der Waals surface area contributed by atoms with Crippen LogP contribution in [0.25, 0.3) is 0 Å². The summed E-state index contributed by atoms with van der Waals surface area (Å²) in [6.07, 6.45) is 6.56. The molecule has 158 valence electrons. The second-order valence-electron chi connectivity index (χ2n) is 7.95. The van der Waals surface area contributed by atoms with Gasteiger partial charge in [0.05, 0.1) is 22.5 Å². The average molecular weight is 520 g/mol. The number of amides is 2. The van der Waals surface area contributed by atoms with Gasteiger partial charge >= 0.3 is 0 Å². The normalized spacial score (nSPS) is 26.4. The highest BCUT2D eigenvalue weighted by atomic mass is 79.9.